The Morgan fingerprint density at radius 1 is 1.26 bits per heavy atom. The molecule has 8 heteroatoms. The van der Waals surface area contributed by atoms with Gasteiger partial charge in [-0.3, -0.25) is 9.59 Å². The van der Waals surface area contributed by atoms with Gasteiger partial charge in [0.05, 0.1) is 5.92 Å². The SMILES string of the molecule is O=C(NCCc1ccc(F)cc1)[C@@H]1CC(=O)N(CC(F)(F)F)C1. The Balaban J connectivity index is 1.78. The third-order valence-electron chi connectivity index (χ3n) is 3.58. The Bertz CT molecular complexity index is 572. The number of benzene rings is 1. The van der Waals surface area contributed by atoms with E-state index < -0.39 is 30.5 Å². The number of carbonyl (C=O) groups is 2. The summed E-state index contributed by atoms with van der Waals surface area (Å²) in [5, 5.41) is 2.60. The van der Waals surface area contributed by atoms with Gasteiger partial charge in [-0.05, 0) is 24.1 Å². The number of hydrogen-bond donors (Lipinski definition) is 1. The van der Waals surface area contributed by atoms with Crippen molar-refractivity contribution >= 4 is 11.8 Å². The number of rotatable bonds is 5. The van der Waals surface area contributed by atoms with E-state index in [0.717, 1.165) is 5.56 Å². The van der Waals surface area contributed by atoms with Crippen LogP contribution in [-0.4, -0.2) is 42.5 Å². The predicted octanol–water partition coefficient (Wildman–Crippen LogP) is 1.90. The van der Waals surface area contributed by atoms with Crippen LogP contribution in [0.3, 0.4) is 0 Å². The lowest BCUT2D eigenvalue weighted by Gasteiger charge is -2.18. The summed E-state index contributed by atoms with van der Waals surface area (Å²) in [6.45, 7) is -1.28. The molecule has 0 aliphatic carbocycles. The molecule has 1 fully saturated rings. The zero-order valence-electron chi connectivity index (χ0n) is 12.2. The molecule has 1 saturated heterocycles. The summed E-state index contributed by atoms with van der Waals surface area (Å²) in [6.07, 6.45) is -4.21. The molecule has 2 rings (SSSR count). The number of amides is 2. The second-order valence-electron chi connectivity index (χ2n) is 5.46. The molecule has 0 radical (unpaired) electrons. The fraction of sp³-hybridized carbons (Fsp3) is 0.467. The maximum absolute atomic E-state index is 12.7. The highest BCUT2D eigenvalue weighted by Crippen LogP contribution is 2.23. The van der Waals surface area contributed by atoms with Crippen molar-refractivity contribution in [2.45, 2.75) is 19.0 Å². The number of likely N-dealkylation sites (tertiary alicyclic amines) is 1. The molecule has 1 atom stereocenters. The predicted molar refractivity (Wildman–Crippen MR) is 73.9 cm³/mol. The van der Waals surface area contributed by atoms with Crippen LogP contribution in [0.5, 0.6) is 0 Å². The fourth-order valence-corrected chi connectivity index (χ4v) is 2.44. The van der Waals surface area contributed by atoms with Crippen LogP contribution in [-0.2, 0) is 16.0 Å². The molecular weight excluding hydrogens is 316 g/mol. The van der Waals surface area contributed by atoms with E-state index in [-0.39, 0.29) is 25.3 Å². The molecule has 126 valence electrons. The molecule has 0 saturated carbocycles. The second kappa shape index (κ2) is 6.97. The molecule has 1 aliphatic heterocycles. The van der Waals surface area contributed by atoms with Crippen molar-refractivity contribution in [3.63, 3.8) is 0 Å². The van der Waals surface area contributed by atoms with Crippen molar-refractivity contribution in [2.75, 3.05) is 19.6 Å². The smallest absolute Gasteiger partial charge is 0.355 e. The number of halogens is 4. The summed E-state index contributed by atoms with van der Waals surface area (Å²) in [7, 11) is 0. The van der Waals surface area contributed by atoms with Gasteiger partial charge in [-0.15, -0.1) is 0 Å². The van der Waals surface area contributed by atoms with Crippen LogP contribution in [0.1, 0.15) is 12.0 Å². The standard InChI is InChI=1S/C15H16F4N2O2/c16-12-3-1-10(2-4-12)5-6-20-14(23)11-7-13(22)21(8-11)9-15(17,18)19/h1-4,11H,5-9H2,(H,20,23)/t11-/m1/s1. The Morgan fingerprint density at radius 3 is 2.52 bits per heavy atom. The molecule has 1 N–H and O–H groups in total. The van der Waals surface area contributed by atoms with Crippen LogP contribution in [0.2, 0.25) is 0 Å². The summed E-state index contributed by atoms with van der Waals surface area (Å²) >= 11 is 0. The number of nitrogens with one attached hydrogen (secondary N) is 1. The largest absolute Gasteiger partial charge is 0.406 e. The number of carbonyl (C=O) groups excluding carboxylic acids is 2. The molecule has 23 heavy (non-hydrogen) atoms. The Kier molecular flexibility index (Phi) is 5.23. The van der Waals surface area contributed by atoms with Gasteiger partial charge in [-0.25, -0.2) is 4.39 Å². The van der Waals surface area contributed by atoms with E-state index in [9.17, 15) is 27.2 Å². The van der Waals surface area contributed by atoms with Gasteiger partial charge in [0.15, 0.2) is 0 Å². The van der Waals surface area contributed by atoms with E-state index in [2.05, 4.69) is 5.32 Å². The van der Waals surface area contributed by atoms with Crippen molar-refractivity contribution in [3.05, 3.63) is 35.6 Å². The second-order valence-corrected chi connectivity index (χ2v) is 5.46. The van der Waals surface area contributed by atoms with Gasteiger partial charge < -0.3 is 10.2 Å². The molecule has 1 aromatic carbocycles. The summed E-state index contributed by atoms with van der Waals surface area (Å²) in [4.78, 5) is 24.1. The number of alkyl halides is 3. The van der Waals surface area contributed by atoms with Crippen molar-refractivity contribution in [2.24, 2.45) is 5.92 Å². The van der Waals surface area contributed by atoms with Gasteiger partial charge in [0, 0.05) is 19.5 Å². The van der Waals surface area contributed by atoms with Gasteiger partial charge in [0.2, 0.25) is 11.8 Å². The van der Waals surface area contributed by atoms with E-state index in [4.69, 9.17) is 0 Å². The molecule has 1 heterocycles. The zero-order chi connectivity index (χ0) is 17.0. The zero-order valence-corrected chi connectivity index (χ0v) is 12.2. The lowest BCUT2D eigenvalue weighted by molar-refractivity contribution is -0.157. The van der Waals surface area contributed by atoms with Gasteiger partial charge in [-0.2, -0.15) is 13.2 Å². The first-order valence-corrected chi connectivity index (χ1v) is 7.11. The van der Waals surface area contributed by atoms with Crippen molar-refractivity contribution in [1.82, 2.24) is 10.2 Å². The molecule has 0 spiro atoms. The molecule has 2 amide bonds. The van der Waals surface area contributed by atoms with Crippen LogP contribution in [0.15, 0.2) is 24.3 Å². The first kappa shape index (κ1) is 17.2. The number of nitrogens with zero attached hydrogens (tertiary/aromatic N) is 1. The molecule has 4 nitrogen and oxygen atoms in total. The topological polar surface area (TPSA) is 49.4 Å². The van der Waals surface area contributed by atoms with Gasteiger partial charge in [0.1, 0.15) is 12.4 Å². The minimum Gasteiger partial charge on any atom is -0.355 e. The highest BCUT2D eigenvalue weighted by Gasteiger charge is 2.40. The summed E-state index contributed by atoms with van der Waals surface area (Å²) < 4.78 is 49.7. The van der Waals surface area contributed by atoms with Crippen LogP contribution in [0, 0.1) is 11.7 Å². The summed E-state index contributed by atoms with van der Waals surface area (Å²) in [5.41, 5.74) is 0.827. The molecule has 0 aromatic heterocycles. The lowest BCUT2D eigenvalue weighted by Crippen LogP contribution is -2.37. The van der Waals surface area contributed by atoms with E-state index in [1.54, 1.807) is 12.1 Å². The summed E-state index contributed by atoms with van der Waals surface area (Å²) in [5.74, 6) is -2.23. The van der Waals surface area contributed by atoms with Crippen LogP contribution < -0.4 is 5.32 Å². The Hall–Kier alpha value is -2.12. The van der Waals surface area contributed by atoms with Gasteiger partial charge >= 0.3 is 6.18 Å². The average Bonchev–Trinajstić information content (AvgIpc) is 2.80. The van der Waals surface area contributed by atoms with E-state index >= 15 is 0 Å². The minimum atomic E-state index is -4.47. The van der Waals surface area contributed by atoms with Crippen molar-refractivity contribution < 1.29 is 27.2 Å². The van der Waals surface area contributed by atoms with E-state index in [0.29, 0.717) is 11.3 Å². The third kappa shape index (κ3) is 5.22. The highest BCUT2D eigenvalue weighted by atomic mass is 19.4. The van der Waals surface area contributed by atoms with Crippen molar-refractivity contribution in [1.29, 1.82) is 0 Å². The third-order valence-corrected chi connectivity index (χ3v) is 3.58. The normalized spacial score (nSPS) is 18.3. The quantitative estimate of drug-likeness (QED) is 0.837. The van der Waals surface area contributed by atoms with Crippen molar-refractivity contribution in [3.8, 4) is 0 Å². The first-order chi connectivity index (χ1) is 10.7. The maximum atomic E-state index is 12.7. The van der Waals surface area contributed by atoms with E-state index in [1.807, 2.05) is 0 Å². The van der Waals surface area contributed by atoms with Crippen LogP contribution in [0.4, 0.5) is 17.6 Å². The van der Waals surface area contributed by atoms with Gasteiger partial charge in [0.25, 0.3) is 0 Å². The summed E-state index contributed by atoms with van der Waals surface area (Å²) in [6, 6.07) is 5.79. The number of hydrogen-bond acceptors (Lipinski definition) is 2. The molecule has 1 aliphatic rings. The molecule has 1 aromatic rings. The first-order valence-electron chi connectivity index (χ1n) is 7.11. The van der Waals surface area contributed by atoms with Gasteiger partial charge in [-0.1, -0.05) is 12.1 Å². The van der Waals surface area contributed by atoms with Crippen LogP contribution >= 0.6 is 0 Å². The Labute approximate surface area is 130 Å². The molecule has 0 unspecified atom stereocenters. The maximum Gasteiger partial charge on any atom is 0.406 e. The minimum absolute atomic E-state index is 0.210. The highest BCUT2D eigenvalue weighted by molar-refractivity contribution is 5.89. The molecular formula is C15H16F4N2O2. The fourth-order valence-electron chi connectivity index (χ4n) is 2.44. The average molecular weight is 332 g/mol. The Morgan fingerprint density at radius 2 is 1.91 bits per heavy atom. The monoisotopic (exact) mass is 332 g/mol. The van der Waals surface area contributed by atoms with Crippen LogP contribution in [0.25, 0.3) is 0 Å². The lowest BCUT2D eigenvalue weighted by atomic mass is 10.1. The van der Waals surface area contributed by atoms with E-state index in [1.165, 1.54) is 12.1 Å². The molecule has 0 bridgehead atoms.